The number of ether oxygens (including phenoxy) is 1. The summed E-state index contributed by atoms with van der Waals surface area (Å²) in [5, 5.41) is 0.783. The van der Waals surface area contributed by atoms with E-state index < -0.39 is 11.7 Å². The van der Waals surface area contributed by atoms with Crippen LogP contribution in [0.15, 0.2) is 54.6 Å². The summed E-state index contributed by atoms with van der Waals surface area (Å²) in [7, 11) is 0. The zero-order chi connectivity index (χ0) is 18.0. The van der Waals surface area contributed by atoms with E-state index in [-0.39, 0.29) is 0 Å². The Labute approximate surface area is 151 Å². The molecule has 0 unspecified atom stereocenters. The van der Waals surface area contributed by atoms with Crippen LogP contribution in [-0.2, 0) is 4.74 Å². The van der Waals surface area contributed by atoms with E-state index in [2.05, 4.69) is 9.97 Å². The lowest BCUT2D eigenvalue weighted by atomic mass is 10.2. The van der Waals surface area contributed by atoms with Crippen molar-refractivity contribution in [1.29, 1.82) is 0 Å². The zero-order valence-electron chi connectivity index (χ0n) is 14.3. The number of amides is 1. The van der Waals surface area contributed by atoms with Crippen LogP contribution in [0.1, 0.15) is 20.8 Å². The molecular formula is C19H19N3O2S. The Morgan fingerprint density at radius 2 is 1.72 bits per heavy atom. The number of anilines is 2. The Balaban J connectivity index is 2.22. The van der Waals surface area contributed by atoms with Gasteiger partial charge in [0, 0.05) is 5.39 Å². The lowest BCUT2D eigenvalue weighted by molar-refractivity contribution is 0.0598. The third-order valence-corrected chi connectivity index (χ3v) is 3.61. The van der Waals surface area contributed by atoms with Crippen LogP contribution in [0, 0.1) is 4.77 Å². The maximum Gasteiger partial charge on any atom is 0.420 e. The Morgan fingerprint density at radius 3 is 2.40 bits per heavy atom. The molecule has 3 aromatic rings. The summed E-state index contributed by atoms with van der Waals surface area (Å²) in [6.45, 7) is 5.49. The molecule has 2 aromatic carbocycles. The summed E-state index contributed by atoms with van der Waals surface area (Å²) in [5.74, 6) is 0.444. The van der Waals surface area contributed by atoms with Gasteiger partial charge >= 0.3 is 6.09 Å². The van der Waals surface area contributed by atoms with Gasteiger partial charge in [0.15, 0.2) is 10.6 Å². The van der Waals surface area contributed by atoms with E-state index in [1.807, 2.05) is 75.4 Å². The van der Waals surface area contributed by atoms with Crippen molar-refractivity contribution in [2.24, 2.45) is 0 Å². The van der Waals surface area contributed by atoms with Crippen LogP contribution in [0.4, 0.5) is 16.3 Å². The fourth-order valence-electron chi connectivity index (χ4n) is 2.46. The van der Waals surface area contributed by atoms with Crippen molar-refractivity contribution >= 4 is 40.7 Å². The summed E-state index contributed by atoms with van der Waals surface area (Å²) < 4.78 is 5.90. The van der Waals surface area contributed by atoms with Crippen LogP contribution in [0.2, 0.25) is 0 Å². The molecule has 0 aliphatic rings. The van der Waals surface area contributed by atoms with E-state index in [1.54, 1.807) is 0 Å². The second kappa shape index (κ2) is 6.64. The van der Waals surface area contributed by atoms with Crippen molar-refractivity contribution in [3.8, 4) is 0 Å². The van der Waals surface area contributed by atoms with Gasteiger partial charge in [-0.15, -0.1) is 0 Å². The number of fused-ring (bicyclic) bond motifs is 1. The van der Waals surface area contributed by atoms with Crippen molar-refractivity contribution in [2.75, 3.05) is 4.90 Å². The lowest BCUT2D eigenvalue weighted by Crippen LogP contribution is -2.34. The predicted octanol–water partition coefficient (Wildman–Crippen LogP) is 5.37. The topological polar surface area (TPSA) is 58.2 Å². The minimum absolute atomic E-state index is 0.304. The second-order valence-electron chi connectivity index (χ2n) is 6.56. The number of H-pyrrole nitrogens is 1. The molecule has 5 nitrogen and oxygen atoms in total. The summed E-state index contributed by atoms with van der Waals surface area (Å²) in [6.07, 6.45) is -0.503. The number of nitrogens with zero attached hydrogens (tertiary/aromatic N) is 2. The highest BCUT2D eigenvalue weighted by atomic mass is 32.1. The highest BCUT2D eigenvalue weighted by molar-refractivity contribution is 7.71. The average Bonchev–Trinajstić information content (AvgIpc) is 2.54. The molecule has 1 heterocycles. The second-order valence-corrected chi connectivity index (χ2v) is 6.95. The molecule has 0 bridgehead atoms. The number of hydrogen-bond donors (Lipinski definition) is 1. The van der Waals surface area contributed by atoms with E-state index in [4.69, 9.17) is 17.0 Å². The molecule has 1 amide bonds. The third-order valence-electron chi connectivity index (χ3n) is 3.42. The van der Waals surface area contributed by atoms with Gasteiger partial charge in [0.05, 0.1) is 11.2 Å². The van der Waals surface area contributed by atoms with Gasteiger partial charge in [-0.2, -0.15) is 0 Å². The van der Waals surface area contributed by atoms with Crippen molar-refractivity contribution in [3.05, 3.63) is 59.4 Å². The van der Waals surface area contributed by atoms with Gasteiger partial charge in [0.1, 0.15) is 5.60 Å². The molecule has 128 valence electrons. The molecule has 0 aliphatic heterocycles. The van der Waals surface area contributed by atoms with Crippen molar-refractivity contribution in [1.82, 2.24) is 9.97 Å². The molecule has 1 N–H and O–H groups in total. The Bertz CT molecular complexity index is 962. The van der Waals surface area contributed by atoms with Gasteiger partial charge < -0.3 is 9.72 Å². The summed E-state index contributed by atoms with van der Waals surface area (Å²) in [6, 6.07) is 16.9. The van der Waals surface area contributed by atoms with Crippen molar-refractivity contribution < 1.29 is 9.53 Å². The third kappa shape index (κ3) is 3.85. The first-order valence-electron chi connectivity index (χ1n) is 7.92. The maximum absolute atomic E-state index is 12.9. The minimum atomic E-state index is -0.627. The van der Waals surface area contributed by atoms with Crippen LogP contribution >= 0.6 is 12.2 Å². The van der Waals surface area contributed by atoms with Crippen LogP contribution in [0.5, 0.6) is 0 Å². The lowest BCUT2D eigenvalue weighted by Gasteiger charge is -2.27. The quantitative estimate of drug-likeness (QED) is 0.630. The molecule has 3 rings (SSSR count). The standard InChI is InChI=1S/C19H19N3O2S/c1-19(2,3)24-18(23)22(13-9-5-4-6-10-13)16-14-11-7-8-12-15(14)20-17(25)21-16/h4-12H,1-3H3,(H,20,21,25). The Morgan fingerprint density at radius 1 is 1.08 bits per heavy atom. The molecule has 0 radical (unpaired) electrons. The van der Waals surface area contributed by atoms with Crippen LogP contribution in [-0.4, -0.2) is 21.7 Å². The van der Waals surface area contributed by atoms with Gasteiger partial charge in [-0.25, -0.2) is 14.7 Å². The number of aromatic nitrogens is 2. The predicted molar refractivity (Wildman–Crippen MR) is 102 cm³/mol. The fourth-order valence-corrected chi connectivity index (χ4v) is 2.65. The van der Waals surface area contributed by atoms with E-state index >= 15 is 0 Å². The van der Waals surface area contributed by atoms with Crippen molar-refractivity contribution in [2.45, 2.75) is 26.4 Å². The molecule has 0 fully saturated rings. The number of nitrogens with one attached hydrogen (secondary N) is 1. The first kappa shape index (κ1) is 17.1. The van der Waals surface area contributed by atoms with Gasteiger partial charge in [0.2, 0.25) is 0 Å². The molecule has 0 saturated heterocycles. The zero-order valence-corrected chi connectivity index (χ0v) is 15.1. The van der Waals surface area contributed by atoms with Crippen LogP contribution < -0.4 is 4.90 Å². The molecule has 25 heavy (non-hydrogen) atoms. The Kier molecular flexibility index (Phi) is 4.55. The van der Waals surface area contributed by atoms with E-state index in [0.717, 1.165) is 10.9 Å². The van der Waals surface area contributed by atoms with Gasteiger partial charge in [-0.05, 0) is 57.3 Å². The Hall–Kier alpha value is -2.73. The van der Waals surface area contributed by atoms with Gasteiger partial charge in [-0.3, -0.25) is 0 Å². The largest absolute Gasteiger partial charge is 0.443 e. The molecule has 1 aromatic heterocycles. The van der Waals surface area contributed by atoms with E-state index in [0.29, 0.717) is 16.3 Å². The van der Waals surface area contributed by atoms with Gasteiger partial charge in [0.25, 0.3) is 0 Å². The first-order valence-corrected chi connectivity index (χ1v) is 8.33. The van der Waals surface area contributed by atoms with Crippen LogP contribution in [0.25, 0.3) is 10.9 Å². The number of carbonyl (C=O) groups excluding carboxylic acids is 1. The molecule has 0 atom stereocenters. The monoisotopic (exact) mass is 353 g/mol. The van der Waals surface area contributed by atoms with Gasteiger partial charge in [-0.1, -0.05) is 30.3 Å². The normalized spacial score (nSPS) is 11.3. The smallest absolute Gasteiger partial charge is 0.420 e. The number of rotatable bonds is 2. The summed E-state index contributed by atoms with van der Waals surface area (Å²) in [5.41, 5.74) is 0.842. The molecule has 6 heteroatoms. The minimum Gasteiger partial charge on any atom is -0.443 e. The number of hydrogen-bond acceptors (Lipinski definition) is 4. The average molecular weight is 353 g/mol. The van der Waals surface area contributed by atoms with Crippen LogP contribution in [0.3, 0.4) is 0 Å². The summed E-state index contributed by atoms with van der Waals surface area (Å²) in [4.78, 5) is 21.9. The number of carbonyl (C=O) groups is 1. The molecule has 0 saturated carbocycles. The molecule has 0 spiro atoms. The maximum atomic E-state index is 12.9. The fraction of sp³-hybridized carbons (Fsp3) is 0.211. The molecular weight excluding hydrogens is 334 g/mol. The van der Waals surface area contributed by atoms with Crippen molar-refractivity contribution in [3.63, 3.8) is 0 Å². The van der Waals surface area contributed by atoms with E-state index in [1.165, 1.54) is 4.90 Å². The number of para-hydroxylation sites is 2. The summed E-state index contributed by atoms with van der Waals surface area (Å²) >= 11 is 5.25. The first-order chi connectivity index (χ1) is 11.8. The highest BCUT2D eigenvalue weighted by Gasteiger charge is 2.27. The molecule has 0 aliphatic carbocycles. The van der Waals surface area contributed by atoms with E-state index in [9.17, 15) is 4.79 Å². The SMILES string of the molecule is CC(C)(C)OC(=O)N(c1ccccc1)c1nc(=S)[nH]c2ccccc12. The highest BCUT2D eigenvalue weighted by Crippen LogP contribution is 2.31. The number of benzene rings is 2. The number of aromatic amines is 1.